The van der Waals surface area contributed by atoms with Crippen LogP contribution in [-0.4, -0.2) is 42.0 Å². The molecule has 0 radical (unpaired) electrons. The molecule has 1 atom stereocenters. The molecule has 1 saturated heterocycles. The normalized spacial score (nSPS) is 17.1. The van der Waals surface area contributed by atoms with Crippen molar-refractivity contribution in [3.63, 3.8) is 0 Å². The van der Waals surface area contributed by atoms with Crippen LogP contribution in [0.15, 0.2) is 78.4 Å². The molecule has 35 heavy (non-hydrogen) atoms. The molecule has 0 bridgehead atoms. The minimum absolute atomic E-state index is 0.0720. The number of Topliss-reactive ketones (excluding diaryl/α,β-unsaturated/α-hetero) is 1. The second kappa shape index (κ2) is 10.5. The first-order valence-corrected chi connectivity index (χ1v) is 11.2. The predicted octanol–water partition coefficient (Wildman–Crippen LogP) is 4.78. The van der Waals surface area contributed by atoms with Gasteiger partial charge in [-0.1, -0.05) is 48.0 Å². The van der Waals surface area contributed by atoms with Gasteiger partial charge in [0.05, 0.1) is 18.2 Å². The van der Waals surface area contributed by atoms with Crippen molar-refractivity contribution in [1.29, 1.82) is 0 Å². The molecule has 1 N–H and O–H groups in total. The second-order valence-electron chi connectivity index (χ2n) is 8.31. The third-order valence-corrected chi connectivity index (χ3v) is 5.89. The van der Waals surface area contributed by atoms with E-state index >= 15 is 0 Å². The molecule has 0 saturated carbocycles. The van der Waals surface area contributed by atoms with E-state index in [9.17, 15) is 19.1 Å². The Morgan fingerprint density at radius 2 is 1.77 bits per heavy atom. The van der Waals surface area contributed by atoms with Gasteiger partial charge in [-0.15, -0.1) is 0 Å². The van der Waals surface area contributed by atoms with Crippen LogP contribution in [0.5, 0.6) is 5.75 Å². The summed E-state index contributed by atoms with van der Waals surface area (Å²) in [6.07, 6.45) is 0. The van der Waals surface area contributed by atoms with Gasteiger partial charge in [-0.05, 0) is 42.8 Å². The first kappa shape index (κ1) is 24.2. The molecular formula is C28H26FNO5. The average Bonchev–Trinajstić information content (AvgIpc) is 3.11. The summed E-state index contributed by atoms with van der Waals surface area (Å²) >= 11 is 0. The van der Waals surface area contributed by atoms with Crippen molar-refractivity contribution in [2.24, 2.45) is 0 Å². The molecule has 6 nitrogen and oxygen atoms in total. The van der Waals surface area contributed by atoms with Gasteiger partial charge >= 0.3 is 0 Å². The van der Waals surface area contributed by atoms with Crippen molar-refractivity contribution < 1.29 is 28.6 Å². The van der Waals surface area contributed by atoms with Gasteiger partial charge in [0, 0.05) is 24.8 Å². The van der Waals surface area contributed by atoms with Gasteiger partial charge < -0.3 is 19.5 Å². The van der Waals surface area contributed by atoms with Crippen LogP contribution in [0.3, 0.4) is 0 Å². The molecule has 0 spiro atoms. The zero-order valence-corrected chi connectivity index (χ0v) is 19.5. The lowest BCUT2D eigenvalue weighted by molar-refractivity contribution is -0.140. The number of carbonyl (C=O) groups is 2. The summed E-state index contributed by atoms with van der Waals surface area (Å²) in [5.41, 5.74) is 2.45. The number of hydrogen-bond acceptors (Lipinski definition) is 5. The smallest absolute Gasteiger partial charge is 0.295 e. The number of benzene rings is 3. The van der Waals surface area contributed by atoms with Crippen LogP contribution >= 0.6 is 0 Å². The Hall–Kier alpha value is -3.97. The highest BCUT2D eigenvalue weighted by Crippen LogP contribution is 2.40. The van der Waals surface area contributed by atoms with Gasteiger partial charge in [0.1, 0.15) is 23.9 Å². The van der Waals surface area contributed by atoms with Gasteiger partial charge in [0.25, 0.3) is 11.7 Å². The van der Waals surface area contributed by atoms with Gasteiger partial charge in [-0.3, -0.25) is 9.59 Å². The van der Waals surface area contributed by atoms with Crippen LogP contribution < -0.4 is 4.74 Å². The number of ether oxygens (including phenoxy) is 2. The third kappa shape index (κ3) is 5.10. The standard InChI is InChI=1S/C28H26FNO5/c1-18-6-5-7-19(16-18)17-35-21-12-10-20(11-13-21)26(31)24-25(22-8-3-4-9-23(22)29)30(14-15-34-2)28(33)27(24)32/h3-13,16,25,31H,14-15,17H2,1-2H3/b26-24+. The van der Waals surface area contributed by atoms with Crippen molar-refractivity contribution in [3.8, 4) is 5.75 Å². The highest BCUT2D eigenvalue weighted by molar-refractivity contribution is 6.46. The number of likely N-dealkylation sites (tertiary alicyclic amines) is 1. The van der Waals surface area contributed by atoms with E-state index in [1.54, 1.807) is 30.3 Å². The average molecular weight is 476 g/mol. The fourth-order valence-corrected chi connectivity index (χ4v) is 4.15. The van der Waals surface area contributed by atoms with E-state index in [0.29, 0.717) is 17.9 Å². The summed E-state index contributed by atoms with van der Waals surface area (Å²) in [6, 6.07) is 19.3. The minimum atomic E-state index is -1.07. The fourth-order valence-electron chi connectivity index (χ4n) is 4.15. The largest absolute Gasteiger partial charge is 0.507 e. The summed E-state index contributed by atoms with van der Waals surface area (Å²) in [5, 5.41) is 11.1. The number of methoxy groups -OCH3 is 1. The molecule has 0 aromatic heterocycles. The molecule has 7 heteroatoms. The van der Waals surface area contributed by atoms with Crippen LogP contribution in [0.4, 0.5) is 4.39 Å². The molecule has 1 fully saturated rings. The number of carbonyl (C=O) groups excluding carboxylic acids is 2. The van der Waals surface area contributed by atoms with E-state index in [-0.39, 0.29) is 30.0 Å². The number of hydrogen-bond donors (Lipinski definition) is 1. The predicted molar refractivity (Wildman–Crippen MR) is 129 cm³/mol. The maximum absolute atomic E-state index is 14.7. The molecule has 4 rings (SSSR count). The number of aliphatic hydroxyl groups is 1. The van der Waals surface area contributed by atoms with E-state index in [4.69, 9.17) is 9.47 Å². The van der Waals surface area contributed by atoms with Crippen LogP contribution in [0.2, 0.25) is 0 Å². The lowest BCUT2D eigenvalue weighted by atomic mass is 9.95. The number of halogens is 1. The van der Waals surface area contributed by atoms with E-state index in [0.717, 1.165) is 11.1 Å². The summed E-state index contributed by atoms with van der Waals surface area (Å²) in [7, 11) is 1.47. The second-order valence-corrected chi connectivity index (χ2v) is 8.31. The van der Waals surface area contributed by atoms with Crippen LogP contribution in [0, 0.1) is 12.7 Å². The zero-order valence-electron chi connectivity index (χ0n) is 19.5. The summed E-state index contributed by atoms with van der Waals surface area (Å²) in [5.74, 6) is -2.05. The van der Waals surface area contributed by atoms with Crippen molar-refractivity contribution in [1.82, 2.24) is 4.90 Å². The van der Waals surface area contributed by atoms with E-state index < -0.39 is 23.5 Å². The Bertz CT molecular complexity index is 1270. The number of ketones is 1. The molecule has 1 amide bonds. The Kier molecular flexibility index (Phi) is 7.27. The van der Waals surface area contributed by atoms with Crippen LogP contribution in [-0.2, 0) is 20.9 Å². The zero-order chi connectivity index (χ0) is 24.9. The summed E-state index contributed by atoms with van der Waals surface area (Å²) < 4.78 is 25.6. The number of aryl methyl sites for hydroxylation is 1. The fraction of sp³-hybridized carbons (Fsp3) is 0.214. The highest BCUT2D eigenvalue weighted by atomic mass is 19.1. The van der Waals surface area contributed by atoms with Gasteiger partial charge in [-0.2, -0.15) is 0 Å². The molecule has 3 aromatic carbocycles. The van der Waals surface area contributed by atoms with E-state index in [1.807, 2.05) is 31.2 Å². The van der Waals surface area contributed by atoms with Crippen LogP contribution in [0.1, 0.15) is 28.3 Å². The quantitative estimate of drug-likeness (QED) is 0.288. The Morgan fingerprint density at radius 1 is 1.03 bits per heavy atom. The Morgan fingerprint density at radius 3 is 2.46 bits per heavy atom. The number of amides is 1. The molecular weight excluding hydrogens is 449 g/mol. The molecule has 1 aliphatic heterocycles. The molecule has 1 aliphatic rings. The van der Waals surface area contributed by atoms with Gasteiger partial charge in [0.2, 0.25) is 0 Å². The molecule has 3 aromatic rings. The number of aliphatic hydroxyl groups excluding tert-OH is 1. The molecule has 180 valence electrons. The highest BCUT2D eigenvalue weighted by Gasteiger charge is 2.46. The lowest BCUT2D eigenvalue weighted by Gasteiger charge is -2.25. The third-order valence-electron chi connectivity index (χ3n) is 5.89. The van der Waals surface area contributed by atoms with Gasteiger partial charge in [-0.25, -0.2) is 4.39 Å². The molecule has 1 unspecified atom stereocenters. The number of nitrogens with zero attached hydrogens (tertiary/aromatic N) is 1. The Labute approximate surface area is 203 Å². The topological polar surface area (TPSA) is 76.1 Å². The Balaban J connectivity index is 1.65. The SMILES string of the molecule is COCCN1C(=O)C(=O)/C(=C(/O)c2ccc(OCc3cccc(C)c3)cc2)C1c1ccccc1F. The van der Waals surface area contributed by atoms with Crippen molar-refractivity contribution in [3.05, 3.63) is 106 Å². The molecule has 1 heterocycles. The lowest BCUT2D eigenvalue weighted by Crippen LogP contribution is -2.33. The van der Waals surface area contributed by atoms with Crippen LogP contribution in [0.25, 0.3) is 5.76 Å². The van der Waals surface area contributed by atoms with Crippen molar-refractivity contribution in [2.45, 2.75) is 19.6 Å². The van der Waals surface area contributed by atoms with Crippen molar-refractivity contribution >= 4 is 17.4 Å². The molecule has 0 aliphatic carbocycles. The summed E-state index contributed by atoms with van der Waals surface area (Å²) in [6.45, 7) is 2.62. The van der Waals surface area contributed by atoms with Gasteiger partial charge in [0.15, 0.2) is 0 Å². The first-order chi connectivity index (χ1) is 16.9. The monoisotopic (exact) mass is 475 g/mol. The van der Waals surface area contributed by atoms with E-state index in [1.165, 1.54) is 30.2 Å². The first-order valence-electron chi connectivity index (χ1n) is 11.2. The summed E-state index contributed by atoms with van der Waals surface area (Å²) in [4.78, 5) is 27.0. The minimum Gasteiger partial charge on any atom is -0.507 e. The maximum Gasteiger partial charge on any atom is 0.295 e. The number of rotatable bonds is 8. The van der Waals surface area contributed by atoms with Crippen molar-refractivity contribution in [2.75, 3.05) is 20.3 Å². The van der Waals surface area contributed by atoms with E-state index in [2.05, 4.69) is 0 Å². The maximum atomic E-state index is 14.7.